The predicted octanol–water partition coefficient (Wildman–Crippen LogP) is 6.83. The van der Waals surface area contributed by atoms with Crippen LogP contribution in [-0.2, 0) is 25.0 Å². The Kier molecular flexibility index (Phi) is 12.5. The lowest BCUT2D eigenvalue weighted by atomic mass is 9.92. The molecule has 0 N–H and O–H groups in total. The van der Waals surface area contributed by atoms with Crippen molar-refractivity contribution in [2.24, 2.45) is 5.92 Å². The molecule has 0 saturated heterocycles. The van der Waals surface area contributed by atoms with Gasteiger partial charge in [-0.1, -0.05) is 39.8 Å². The van der Waals surface area contributed by atoms with Crippen LogP contribution >= 0.6 is 0 Å². The van der Waals surface area contributed by atoms with Gasteiger partial charge in [-0.05, 0) is 81.7 Å². The molecule has 7 heteroatoms. The Bertz CT molecular complexity index is 689. The van der Waals surface area contributed by atoms with Gasteiger partial charge in [0, 0.05) is 6.10 Å². The van der Waals surface area contributed by atoms with Crippen LogP contribution in [0.2, 0.25) is 37.8 Å². The van der Waals surface area contributed by atoms with Gasteiger partial charge in [0.1, 0.15) is 11.9 Å². The molecule has 0 fully saturated rings. The van der Waals surface area contributed by atoms with Gasteiger partial charge >= 0.3 is 0 Å². The number of ketones is 1. The monoisotopic (exact) mass is 496 g/mol. The highest BCUT2D eigenvalue weighted by molar-refractivity contribution is 6.73. The maximum Gasteiger partial charge on any atom is 0.192 e. The summed E-state index contributed by atoms with van der Waals surface area (Å²) in [4.78, 5) is 12.8. The lowest BCUT2D eigenvalue weighted by Gasteiger charge is -2.40. The molecule has 0 spiro atoms. The van der Waals surface area contributed by atoms with Crippen molar-refractivity contribution in [2.75, 3.05) is 7.11 Å². The SMILES string of the molecule is CC[Si](CC)(CC)OC(C(C)CC(C)O[Si](C)(C)C)C(OCc1ccc(OC)cc1)C(C)=O. The van der Waals surface area contributed by atoms with E-state index in [9.17, 15) is 4.79 Å². The molecule has 1 aromatic carbocycles. The highest BCUT2D eigenvalue weighted by Crippen LogP contribution is 2.31. The van der Waals surface area contributed by atoms with E-state index in [0.29, 0.717) is 6.61 Å². The average Bonchev–Trinajstić information content (AvgIpc) is 2.75. The molecule has 0 radical (unpaired) electrons. The Hall–Kier alpha value is -0.996. The van der Waals surface area contributed by atoms with Gasteiger partial charge in [-0.15, -0.1) is 0 Å². The molecule has 1 rings (SSSR count). The Morgan fingerprint density at radius 1 is 0.939 bits per heavy atom. The van der Waals surface area contributed by atoms with Gasteiger partial charge in [0.15, 0.2) is 22.4 Å². The summed E-state index contributed by atoms with van der Waals surface area (Å²) in [5.74, 6) is 0.959. The highest BCUT2D eigenvalue weighted by atomic mass is 28.4. The number of Topliss-reactive ketones (excluding diaryl/α,β-unsaturated/α-hetero) is 1. The van der Waals surface area contributed by atoms with Crippen molar-refractivity contribution in [2.45, 2.75) is 111 Å². The second-order valence-corrected chi connectivity index (χ2v) is 19.5. The summed E-state index contributed by atoms with van der Waals surface area (Å²) in [6.45, 7) is 19.6. The van der Waals surface area contributed by atoms with Crippen LogP contribution in [0.4, 0.5) is 0 Å². The van der Waals surface area contributed by atoms with E-state index >= 15 is 0 Å². The van der Waals surface area contributed by atoms with Crippen LogP contribution in [0.25, 0.3) is 0 Å². The fraction of sp³-hybridized carbons (Fsp3) is 0.731. The van der Waals surface area contributed by atoms with Crippen molar-refractivity contribution in [3.8, 4) is 5.75 Å². The van der Waals surface area contributed by atoms with E-state index in [2.05, 4.69) is 54.3 Å². The summed E-state index contributed by atoms with van der Waals surface area (Å²) in [5, 5.41) is 0. The smallest absolute Gasteiger partial charge is 0.192 e. The molecular formula is C26H48O5Si2. The molecule has 0 saturated carbocycles. The van der Waals surface area contributed by atoms with Gasteiger partial charge in [0.2, 0.25) is 0 Å². The molecule has 33 heavy (non-hydrogen) atoms. The van der Waals surface area contributed by atoms with Crippen LogP contribution < -0.4 is 4.74 Å². The van der Waals surface area contributed by atoms with Crippen LogP contribution in [0.15, 0.2) is 24.3 Å². The molecule has 4 atom stereocenters. The number of carbonyl (C=O) groups excluding carboxylic acids is 1. The maximum atomic E-state index is 12.8. The number of hydrogen-bond donors (Lipinski definition) is 0. The first-order valence-corrected chi connectivity index (χ1v) is 18.4. The fourth-order valence-corrected chi connectivity index (χ4v) is 8.66. The van der Waals surface area contributed by atoms with Crippen molar-refractivity contribution >= 4 is 22.4 Å². The second kappa shape index (κ2) is 13.8. The largest absolute Gasteiger partial charge is 0.497 e. The lowest BCUT2D eigenvalue weighted by molar-refractivity contribution is -0.140. The van der Waals surface area contributed by atoms with E-state index < -0.39 is 22.7 Å². The Balaban J connectivity index is 3.14. The molecule has 0 aromatic heterocycles. The molecule has 0 amide bonds. The molecular weight excluding hydrogens is 448 g/mol. The van der Waals surface area contributed by atoms with E-state index in [1.165, 1.54) is 0 Å². The van der Waals surface area contributed by atoms with Crippen LogP contribution in [0.1, 0.15) is 53.5 Å². The van der Waals surface area contributed by atoms with Crippen molar-refractivity contribution < 1.29 is 23.1 Å². The minimum absolute atomic E-state index is 0.0188. The highest BCUT2D eigenvalue weighted by Gasteiger charge is 2.40. The molecule has 5 nitrogen and oxygen atoms in total. The van der Waals surface area contributed by atoms with E-state index in [1.54, 1.807) is 14.0 Å². The molecule has 1 aromatic rings. The quantitative estimate of drug-likeness (QED) is 0.235. The summed E-state index contributed by atoms with van der Waals surface area (Å²) in [7, 11) is -1.95. The summed E-state index contributed by atoms with van der Waals surface area (Å²) >= 11 is 0. The zero-order valence-corrected chi connectivity index (χ0v) is 24.7. The minimum atomic E-state index is -1.95. The topological polar surface area (TPSA) is 54.0 Å². The Labute approximate surface area is 204 Å². The van der Waals surface area contributed by atoms with Crippen molar-refractivity contribution in [1.82, 2.24) is 0 Å². The Morgan fingerprint density at radius 2 is 1.48 bits per heavy atom. The molecule has 0 aliphatic heterocycles. The third kappa shape index (κ3) is 10.0. The molecule has 0 heterocycles. The first-order valence-electron chi connectivity index (χ1n) is 12.5. The number of methoxy groups -OCH3 is 1. The normalized spacial score (nSPS) is 16.2. The van der Waals surface area contributed by atoms with E-state index in [0.717, 1.165) is 35.9 Å². The number of carbonyl (C=O) groups is 1. The Morgan fingerprint density at radius 3 is 1.91 bits per heavy atom. The number of hydrogen-bond acceptors (Lipinski definition) is 5. The second-order valence-electron chi connectivity index (χ2n) is 10.3. The molecule has 0 bridgehead atoms. The number of benzene rings is 1. The zero-order valence-electron chi connectivity index (χ0n) is 22.7. The first-order chi connectivity index (χ1) is 15.4. The predicted molar refractivity (Wildman–Crippen MR) is 142 cm³/mol. The minimum Gasteiger partial charge on any atom is -0.497 e. The van der Waals surface area contributed by atoms with Gasteiger partial charge in [0.25, 0.3) is 0 Å². The molecule has 0 aliphatic rings. The lowest BCUT2D eigenvalue weighted by Crippen LogP contribution is -2.50. The van der Waals surface area contributed by atoms with Crippen LogP contribution in [0.5, 0.6) is 5.75 Å². The molecule has 4 unspecified atom stereocenters. The standard InChI is InChI=1S/C26H48O5Si2/c1-11-33(12-2,13-3)31-25(20(4)18-21(5)30-32(8,9)10)26(22(6)27)29-19-23-14-16-24(28-7)17-15-23/h14-17,20-21,25-26H,11-13,18-19H2,1-10H3. The van der Waals surface area contributed by atoms with E-state index in [4.69, 9.17) is 18.3 Å². The number of rotatable bonds is 16. The van der Waals surface area contributed by atoms with E-state index in [1.807, 2.05) is 24.3 Å². The molecule has 190 valence electrons. The summed E-state index contributed by atoms with van der Waals surface area (Å²) in [5.41, 5.74) is 1.01. The molecule has 0 aliphatic carbocycles. The van der Waals surface area contributed by atoms with Gasteiger partial charge in [-0.25, -0.2) is 0 Å². The first kappa shape index (κ1) is 30.0. The van der Waals surface area contributed by atoms with E-state index in [-0.39, 0.29) is 23.9 Å². The summed E-state index contributed by atoms with van der Waals surface area (Å²) < 4.78 is 24.8. The third-order valence-corrected chi connectivity index (χ3v) is 12.2. The van der Waals surface area contributed by atoms with Crippen LogP contribution in [0.3, 0.4) is 0 Å². The third-order valence-electron chi connectivity index (χ3n) is 6.43. The van der Waals surface area contributed by atoms with Crippen LogP contribution in [-0.4, -0.2) is 47.8 Å². The van der Waals surface area contributed by atoms with Crippen molar-refractivity contribution in [3.63, 3.8) is 0 Å². The van der Waals surface area contributed by atoms with Crippen molar-refractivity contribution in [3.05, 3.63) is 29.8 Å². The van der Waals surface area contributed by atoms with Gasteiger partial charge in [-0.2, -0.15) is 0 Å². The maximum absolute atomic E-state index is 12.8. The summed E-state index contributed by atoms with van der Waals surface area (Å²) in [6, 6.07) is 10.9. The fourth-order valence-electron chi connectivity index (χ4n) is 4.43. The van der Waals surface area contributed by atoms with Crippen LogP contribution in [0, 0.1) is 5.92 Å². The van der Waals surface area contributed by atoms with Gasteiger partial charge in [-0.3, -0.25) is 4.79 Å². The number of ether oxygens (including phenoxy) is 2. The summed E-state index contributed by atoms with van der Waals surface area (Å²) in [6.07, 6.45) is 0.0808. The van der Waals surface area contributed by atoms with Gasteiger partial charge < -0.3 is 18.3 Å². The average molecular weight is 497 g/mol. The van der Waals surface area contributed by atoms with Crippen molar-refractivity contribution in [1.29, 1.82) is 0 Å². The van der Waals surface area contributed by atoms with Gasteiger partial charge in [0.05, 0.1) is 19.8 Å². The zero-order chi connectivity index (χ0) is 25.2.